The highest BCUT2D eigenvalue weighted by molar-refractivity contribution is 5.95. The molecular formula is C12H12F3NO. The Morgan fingerprint density at radius 2 is 1.82 bits per heavy atom. The fourth-order valence-electron chi connectivity index (χ4n) is 0.906. The van der Waals surface area contributed by atoms with E-state index in [4.69, 9.17) is 0 Å². The molecule has 0 heterocycles. The number of benzene rings is 1. The Hall–Kier alpha value is -1.96. The van der Waals surface area contributed by atoms with Gasteiger partial charge in [-0.15, -0.1) is 12.3 Å². The molecule has 0 saturated heterocycles. The third kappa shape index (κ3) is 5.61. The first-order valence-corrected chi connectivity index (χ1v) is 4.64. The molecule has 0 atom stereocenters. The number of anilines is 1. The van der Waals surface area contributed by atoms with Gasteiger partial charge in [-0.1, -0.05) is 18.2 Å². The lowest BCUT2D eigenvalue weighted by Gasteiger charge is -2.09. The van der Waals surface area contributed by atoms with Gasteiger partial charge in [0.25, 0.3) is 0 Å². The molecule has 1 aromatic carbocycles. The van der Waals surface area contributed by atoms with Crippen molar-refractivity contribution in [2.75, 3.05) is 5.32 Å². The second kappa shape index (κ2) is 6.59. The van der Waals surface area contributed by atoms with Gasteiger partial charge >= 0.3 is 12.1 Å². The molecule has 1 rings (SSSR count). The Labute approximate surface area is 97.8 Å². The predicted octanol–water partition coefficient (Wildman–Crippen LogP) is 3.14. The summed E-state index contributed by atoms with van der Waals surface area (Å²) in [4.78, 5) is 10.6. The summed E-state index contributed by atoms with van der Waals surface area (Å²) in [6.45, 7) is 3.27. The number of hydrogen-bond donors (Lipinski definition) is 1. The van der Waals surface area contributed by atoms with Gasteiger partial charge in [0.15, 0.2) is 0 Å². The Morgan fingerprint density at radius 1 is 1.35 bits per heavy atom. The second-order valence-corrected chi connectivity index (χ2v) is 3.06. The van der Waals surface area contributed by atoms with Crippen LogP contribution in [0.2, 0.25) is 0 Å². The highest BCUT2D eigenvalue weighted by Crippen LogP contribution is 2.19. The van der Waals surface area contributed by atoms with E-state index in [2.05, 4.69) is 12.3 Å². The maximum absolute atomic E-state index is 11.9. The summed E-state index contributed by atoms with van der Waals surface area (Å²) in [7, 11) is 0. The quantitative estimate of drug-likeness (QED) is 0.754. The van der Waals surface area contributed by atoms with Crippen LogP contribution in [0.3, 0.4) is 0 Å². The molecule has 0 unspecified atom stereocenters. The highest BCUT2D eigenvalue weighted by Gasteiger charge is 2.38. The van der Waals surface area contributed by atoms with Crippen molar-refractivity contribution in [3.05, 3.63) is 29.8 Å². The molecular weight excluding hydrogens is 231 g/mol. The molecule has 0 saturated carbocycles. The van der Waals surface area contributed by atoms with Gasteiger partial charge in [0, 0.05) is 5.69 Å². The van der Waals surface area contributed by atoms with Crippen LogP contribution in [0.25, 0.3) is 0 Å². The number of amides is 1. The molecule has 0 aliphatic heterocycles. The van der Waals surface area contributed by atoms with E-state index in [1.54, 1.807) is 37.4 Å². The van der Waals surface area contributed by atoms with Gasteiger partial charge in [0.1, 0.15) is 0 Å². The number of terminal acetylenes is 1. The number of para-hydroxylation sites is 1. The fourth-order valence-corrected chi connectivity index (χ4v) is 0.906. The number of halogens is 3. The van der Waals surface area contributed by atoms with Crippen LogP contribution in [0.1, 0.15) is 12.5 Å². The van der Waals surface area contributed by atoms with E-state index in [9.17, 15) is 18.0 Å². The van der Waals surface area contributed by atoms with Crippen LogP contribution >= 0.6 is 0 Å². The van der Waals surface area contributed by atoms with E-state index in [0.29, 0.717) is 5.56 Å². The molecule has 1 aromatic rings. The zero-order valence-corrected chi connectivity index (χ0v) is 9.43. The SMILES string of the molecule is C#CC.Cc1ccccc1NC(=O)C(F)(F)F. The molecule has 17 heavy (non-hydrogen) atoms. The van der Waals surface area contributed by atoms with Crippen LogP contribution in [0.5, 0.6) is 0 Å². The average Bonchev–Trinajstić information content (AvgIpc) is 2.21. The van der Waals surface area contributed by atoms with E-state index in [1.165, 1.54) is 6.07 Å². The summed E-state index contributed by atoms with van der Waals surface area (Å²) in [5.41, 5.74) is 0.764. The maximum atomic E-state index is 11.9. The largest absolute Gasteiger partial charge is 0.471 e. The molecule has 1 amide bonds. The normalized spacial score (nSPS) is 9.65. The van der Waals surface area contributed by atoms with Crippen molar-refractivity contribution >= 4 is 11.6 Å². The van der Waals surface area contributed by atoms with Crippen LogP contribution in [0.4, 0.5) is 18.9 Å². The molecule has 0 aromatic heterocycles. The van der Waals surface area contributed by atoms with Crippen molar-refractivity contribution < 1.29 is 18.0 Å². The van der Waals surface area contributed by atoms with Crippen LogP contribution in [-0.4, -0.2) is 12.1 Å². The number of alkyl halides is 3. The molecule has 0 fully saturated rings. The van der Waals surface area contributed by atoms with Gasteiger partial charge < -0.3 is 5.32 Å². The van der Waals surface area contributed by atoms with Gasteiger partial charge in [-0.3, -0.25) is 4.79 Å². The lowest BCUT2D eigenvalue weighted by molar-refractivity contribution is -0.167. The lowest BCUT2D eigenvalue weighted by atomic mass is 10.2. The monoisotopic (exact) mass is 243 g/mol. The van der Waals surface area contributed by atoms with E-state index < -0.39 is 12.1 Å². The number of rotatable bonds is 1. The number of carbonyl (C=O) groups is 1. The minimum Gasteiger partial charge on any atom is -0.318 e. The molecule has 0 aliphatic carbocycles. The standard InChI is InChI=1S/C9H8F3NO.C3H4/c1-6-4-2-3-5-7(6)13-8(14)9(10,11)12;1-3-2/h2-5H,1H3,(H,13,14);1H,2H3. The Bertz CT molecular complexity index is 418. The van der Waals surface area contributed by atoms with Crippen molar-refractivity contribution in [2.24, 2.45) is 0 Å². The molecule has 0 aliphatic rings. The lowest BCUT2D eigenvalue weighted by Crippen LogP contribution is -2.30. The summed E-state index contributed by atoms with van der Waals surface area (Å²) < 4.78 is 35.6. The van der Waals surface area contributed by atoms with Crippen molar-refractivity contribution in [3.63, 3.8) is 0 Å². The summed E-state index contributed by atoms with van der Waals surface area (Å²) in [6.07, 6.45) is -0.248. The van der Waals surface area contributed by atoms with Crippen LogP contribution in [0, 0.1) is 19.3 Å². The third-order valence-electron chi connectivity index (χ3n) is 1.65. The van der Waals surface area contributed by atoms with Gasteiger partial charge in [-0.2, -0.15) is 13.2 Å². The molecule has 92 valence electrons. The van der Waals surface area contributed by atoms with Crippen molar-refractivity contribution in [3.8, 4) is 12.3 Å². The van der Waals surface area contributed by atoms with E-state index in [-0.39, 0.29) is 5.69 Å². The molecule has 2 nitrogen and oxygen atoms in total. The molecule has 0 radical (unpaired) electrons. The zero-order valence-electron chi connectivity index (χ0n) is 9.43. The third-order valence-corrected chi connectivity index (χ3v) is 1.65. The number of aryl methyl sites for hydroxylation is 1. The van der Waals surface area contributed by atoms with Gasteiger partial charge in [-0.05, 0) is 25.5 Å². The van der Waals surface area contributed by atoms with Crippen LogP contribution in [0.15, 0.2) is 24.3 Å². The maximum Gasteiger partial charge on any atom is 0.471 e. The Balaban J connectivity index is 0.000000770. The predicted molar refractivity (Wildman–Crippen MR) is 60.4 cm³/mol. The summed E-state index contributed by atoms with van der Waals surface area (Å²) in [6, 6.07) is 6.27. The van der Waals surface area contributed by atoms with Gasteiger partial charge in [0.05, 0.1) is 0 Å². The number of carbonyl (C=O) groups excluding carboxylic acids is 1. The van der Waals surface area contributed by atoms with Crippen LogP contribution in [-0.2, 0) is 4.79 Å². The summed E-state index contributed by atoms with van der Waals surface area (Å²) in [5, 5.41) is 1.79. The number of hydrogen-bond acceptors (Lipinski definition) is 1. The summed E-state index contributed by atoms with van der Waals surface area (Å²) in [5.74, 6) is 0.298. The Kier molecular flexibility index (Phi) is 5.83. The first-order valence-electron chi connectivity index (χ1n) is 4.64. The Morgan fingerprint density at radius 3 is 2.24 bits per heavy atom. The topological polar surface area (TPSA) is 29.1 Å². The first-order chi connectivity index (χ1) is 7.82. The molecule has 0 bridgehead atoms. The zero-order chi connectivity index (χ0) is 13.5. The van der Waals surface area contributed by atoms with Gasteiger partial charge in [0.2, 0.25) is 0 Å². The second-order valence-electron chi connectivity index (χ2n) is 3.06. The van der Waals surface area contributed by atoms with Crippen LogP contribution < -0.4 is 5.32 Å². The molecule has 5 heteroatoms. The minimum atomic E-state index is -4.84. The molecule has 0 spiro atoms. The van der Waals surface area contributed by atoms with E-state index >= 15 is 0 Å². The summed E-state index contributed by atoms with van der Waals surface area (Å²) >= 11 is 0. The minimum absolute atomic E-state index is 0.176. The van der Waals surface area contributed by atoms with E-state index in [0.717, 1.165) is 0 Å². The van der Waals surface area contributed by atoms with Crippen molar-refractivity contribution in [2.45, 2.75) is 20.0 Å². The smallest absolute Gasteiger partial charge is 0.318 e. The number of nitrogens with one attached hydrogen (secondary N) is 1. The van der Waals surface area contributed by atoms with Gasteiger partial charge in [-0.25, -0.2) is 0 Å². The van der Waals surface area contributed by atoms with E-state index in [1.807, 2.05) is 0 Å². The van der Waals surface area contributed by atoms with Crippen molar-refractivity contribution in [1.82, 2.24) is 0 Å². The molecule has 1 N–H and O–H groups in total. The first kappa shape index (κ1) is 15.0. The average molecular weight is 243 g/mol. The highest BCUT2D eigenvalue weighted by atomic mass is 19.4. The van der Waals surface area contributed by atoms with Crippen molar-refractivity contribution in [1.29, 1.82) is 0 Å². The fraction of sp³-hybridized carbons (Fsp3) is 0.250.